The van der Waals surface area contributed by atoms with Gasteiger partial charge in [-0.3, -0.25) is 0 Å². The Morgan fingerprint density at radius 1 is 1.23 bits per heavy atom. The maximum Gasteiger partial charge on any atom is 0.407 e. The summed E-state index contributed by atoms with van der Waals surface area (Å²) in [6, 6.07) is 5.26. The molecule has 0 heterocycles. The van der Waals surface area contributed by atoms with Crippen molar-refractivity contribution in [2.75, 3.05) is 7.11 Å². The highest BCUT2D eigenvalue weighted by Crippen LogP contribution is 2.21. The number of amides is 1. The van der Waals surface area contributed by atoms with E-state index in [9.17, 15) is 14.7 Å². The molecule has 1 unspecified atom stereocenters. The smallest absolute Gasteiger partial charge is 0.407 e. The van der Waals surface area contributed by atoms with Crippen LogP contribution in [0.25, 0.3) is 0 Å². The van der Waals surface area contributed by atoms with E-state index in [0.29, 0.717) is 11.3 Å². The van der Waals surface area contributed by atoms with Crippen molar-refractivity contribution in [1.29, 1.82) is 0 Å². The van der Waals surface area contributed by atoms with Gasteiger partial charge in [0, 0.05) is 18.5 Å². The fourth-order valence-electron chi connectivity index (χ4n) is 2.31. The highest BCUT2D eigenvalue weighted by Gasteiger charge is 2.17. The molecular formula is C19H28NO6-. The van der Waals surface area contributed by atoms with Crippen LogP contribution >= 0.6 is 0 Å². The number of carboxylic acids is 1. The number of carboxylic acid groups (broad SMARTS) is 1. The quantitative estimate of drug-likeness (QED) is 0.754. The fourth-order valence-corrected chi connectivity index (χ4v) is 2.31. The monoisotopic (exact) mass is 366 g/mol. The lowest BCUT2D eigenvalue weighted by Gasteiger charge is -2.22. The number of carbonyl (C=O) groups is 2. The number of rotatable bonds is 8. The molecule has 0 radical (unpaired) electrons. The average molecular weight is 366 g/mol. The Hall–Kier alpha value is -2.28. The number of hydrogen-bond acceptors (Lipinski definition) is 6. The van der Waals surface area contributed by atoms with E-state index in [4.69, 9.17) is 14.2 Å². The molecule has 0 saturated heterocycles. The van der Waals surface area contributed by atoms with Crippen LogP contribution in [0.15, 0.2) is 18.2 Å². The van der Waals surface area contributed by atoms with Gasteiger partial charge in [-0.1, -0.05) is 12.1 Å². The summed E-state index contributed by atoms with van der Waals surface area (Å²) in [5.41, 5.74) is 0.852. The summed E-state index contributed by atoms with van der Waals surface area (Å²) in [5, 5.41) is 13.9. The second-order valence-electron chi connectivity index (χ2n) is 7.20. The lowest BCUT2D eigenvalue weighted by molar-refractivity contribution is -0.318. The summed E-state index contributed by atoms with van der Waals surface area (Å²) in [6.07, 6.45) is -1.66. The summed E-state index contributed by atoms with van der Waals surface area (Å²) < 4.78 is 15.9. The third-order valence-corrected chi connectivity index (χ3v) is 3.29. The van der Waals surface area contributed by atoms with Gasteiger partial charge in [0.15, 0.2) is 0 Å². The highest BCUT2D eigenvalue weighted by atomic mass is 16.6. The molecule has 0 saturated carbocycles. The Morgan fingerprint density at radius 2 is 1.88 bits per heavy atom. The second-order valence-corrected chi connectivity index (χ2v) is 7.20. The number of aliphatic carboxylic acids is 1. The Morgan fingerprint density at radius 3 is 2.38 bits per heavy atom. The van der Waals surface area contributed by atoms with E-state index in [0.717, 1.165) is 5.56 Å². The minimum absolute atomic E-state index is 0.157. The molecule has 1 amide bonds. The Kier molecular flexibility index (Phi) is 7.89. The summed E-state index contributed by atoms with van der Waals surface area (Å²) in [7, 11) is 1.53. The highest BCUT2D eigenvalue weighted by molar-refractivity contribution is 5.70. The van der Waals surface area contributed by atoms with Crippen molar-refractivity contribution >= 4 is 12.1 Å². The van der Waals surface area contributed by atoms with Gasteiger partial charge in [0.05, 0.1) is 19.2 Å². The summed E-state index contributed by atoms with van der Waals surface area (Å²) in [4.78, 5) is 23.1. The molecule has 1 N–H and O–H groups in total. The van der Waals surface area contributed by atoms with Crippen LogP contribution in [0.1, 0.15) is 45.7 Å². The molecule has 0 aliphatic carbocycles. The lowest BCUT2D eigenvalue weighted by atomic mass is 10.0. The molecule has 26 heavy (non-hydrogen) atoms. The number of carbonyl (C=O) groups excluding carboxylic acids is 2. The first-order valence-electron chi connectivity index (χ1n) is 8.50. The van der Waals surface area contributed by atoms with Crippen LogP contribution in [0, 0.1) is 0 Å². The maximum absolute atomic E-state index is 11.8. The van der Waals surface area contributed by atoms with Crippen molar-refractivity contribution in [2.45, 2.75) is 65.4 Å². The first-order valence-corrected chi connectivity index (χ1v) is 8.50. The zero-order valence-corrected chi connectivity index (χ0v) is 16.3. The first kappa shape index (κ1) is 21.8. The predicted molar refractivity (Wildman–Crippen MR) is 94.8 cm³/mol. The van der Waals surface area contributed by atoms with E-state index < -0.39 is 23.8 Å². The molecule has 1 aromatic carbocycles. The van der Waals surface area contributed by atoms with Gasteiger partial charge < -0.3 is 29.4 Å². The second kappa shape index (κ2) is 9.43. The Labute approximate surface area is 154 Å². The lowest BCUT2D eigenvalue weighted by Crippen LogP contribution is -2.40. The van der Waals surface area contributed by atoms with Crippen LogP contribution in [-0.2, 0) is 27.2 Å². The molecule has 1 rings (SSSR count). The number of alkyl carbamates (subject to hydrolysis) is 1. The van der Waals surface area contributed by atoms with Gasteiger partial charge in [0.1, 0.15) is 17.5 Å². The Bertz CT molecular complexity index is 621. The Balaban J connectivity index is 2.87. The number of ether oxygens (including phenoxy) is 3. The molecule has 0 fully saturated rings. The van der Waals surface area contributed by atoms with Crippen molar-refractivity contribution in [1.82, 2.24) is 5.32 Å². The number of methoxy groups -OCH3 is 1. The molecule has 146 valence electrons. The molecule has 7 nitrogen and oxygen atoms in total. The fraction of sp³-hybridized carbons (Fsp3) is 0.579. The van der Waals surface area contributed by atoms with Crippen molar-refractivity contribution < 1.29 is 28.9 Å². The molecular weight excluding hydrogens is 338 g/mol. The standard InChI is InChI=1S/C19H29NO6/c1-12(2)25-16(17(21)22)10-13-7-8-15(24-6)14(9-13)11-20-18(23)26-19(3,4)5/h7-9,12,16H,10-11H2,1-6H3,(H,20,23)(H,21,22)/p-1. The third kappa shape index (κ3) is 7.74. The number of nitrogens with one attached hydrogen (secondary N) is 1. The van der Waals surface area contributed by atoms with Crippen LogP contribution in [-0.4, -0.2) is 37.0 Å². The molecule has 1 aromatic rings. The van der Waals surface area contributed by atoms with Crippen molar-refractivity contribution in [3.63, 3.8) is 0 Å². The van der Waals surface area contributed by atoms with Crippen LogP contribution in [0.3, 0.4) is 0 Å². The molecule has 0 aromatic heterocycles. The van der Waals surface area contributed by atoms with Crippen molar-refractivity contribution in [3.8, 4) is 5.75 Å². The first-order chi connectivity index (χ1) is 12.0. The van der Waals surface area contributed by atoms with Crippen LogP contribution in [0.5, 0.6) is 5.75 Å². The van der Waals surface area contributed by atoms with E-state index in [1.807, 2.05) is 0 Å². The molecule has 0 aliphatic heterocycles. The normalized spacial score (nSPS) is 12.6. The summed E-state index contributed by atoms with van der Waals surface area (Å²) in [6.45, 7) is 9.06. The molecule has 0 bridgehead atoms. The SMILES string of the molecule is COc1ccc(CC(OC(C)C)C(=O)[O-])cc1CNC(=O)OC(C)(C)C. The number of hydrogen-bond donors (Lipinski definition) is 1. The van der Waals surface area contributed by atoms with Gasteiger partial charge >= 0.3 is 6.09 Å². The van der Waals surface area contributed by atoms with Gasteiger partial charge in [-0.25, -0.2) is 4.79 Å². The minimum Gasteiger partial charge on any atom is -0.547 e. The van der Waals surface area contributed by atoms with Gasteiger partial charge in [0.2, 0.25) is 0 Å². The van der Waals surface area contributed by atoms with Gasteiger partial charge in [-0.15, -0.1) is 0 Å². The maximum atomic E-state index is 11.8. The molecule has 0 aliphatic rings. The van der Waals surface area contributed by atoms with E-state index in [1.165, 1.54) is 7.11 Å². The van der Waals surface area contributed by atoms with E-state index >= 15 is 0 Å². The minimum atomic E-state index is -1.26. The number of benzene rings is 1. The third-order valence-electron chi connectivity index (χ3n) is 3.29. The van der Waals surface area contributed by atoms with Gasteiger partial charge in [-0.05, 0) is 46.2 Å². The average Bonchev–Trinajstić information content (AvgIpc) is 2.50. The summed E-state index contributed by atoms with van der Waals surface area (Å²) in [5.74, 6) is -0.678. The largest absolute Gasteiger partial charge is 0.547 e. The van der Waals surface area contributed by atoms with Crippen molar-refractivity contribution in [3.05, 3.63) is 29.3 Å². The zero-order valence-electron chi connectivity index (χ0n) is 16.3. The predicted octanol–water partition coefficient (Wildman–Crippen LogP) is 1.81. The van der Waals surface area contributed by atoms with Crippen molar-refractivity contribution in [2.24, 2.45) is 0 Å². The van der Waals surface area contributed by atoms with E-state index in [2.05, 4.69) is 5.32 Å². The zero-order chi connectivity index (χ0) is 19.9. The molecule has 0 spiro atoms. The van der Waals surface area contributed by atoms with Crippen LogP contribution < -0.4 is 15.2 Å². The molecule has 1 atom stereocenters. The van der Waals surface area contributed by atoms with Gasteiger partial charge in [-0.2, -0.15) is 0 Å². The van der Waals surface area contributed by atoms with Gasteiger partial charge in [0.25, 0.3) is 0 Å². The van der Waals surface area contributed by atoms with E-state index in [1.54, 1.807) is 52.8 Å². The topological polar surface area (TPSA) is 96.9 Å². The molecule has 7 heteroatoms. The van der Waals surface area contributed by atoms with Crippen LogP contribution in [0.2, 0.25) is 0 Å². The van der Waals surface area contributed by atoms with Crippen LogP contribution in [0.4, 0.5) is 4.79 Å². The summed E-state index contributed by atoms with van der Waals surface area (Å²) >= 11 is 0. The van der Waals surface area contributed by atoms with E-state index in [-0.39, 0.29) is 19.1 Å².